The summed E-state index contributed by atoms with van der Waals surface area (Å²) in [5.41, 5.74) is 4.95. The second-order valence-corrected chi connectivity index (χ2v) is 21.6. The Labute approximate surface area is 352 Å². The highest BCUT2D eigenvalue weighted by atomic mass is 31.2. The van der Waals surface area contributed by atoms with Crippen LogP contribution in [0.4, 0.5) is 22.0 Å². The number of carbonyl (C=O) groups is 2. The van der Waals surface area contributed by atoms with Crippen LogP contribution >= 0.6 is 14.6 Å². The molecule has 4 heterocycles. The van der Waals surface area contributed by atoms with Gasteiger partial charge >= 0.3 is 0 Å². The fourth-order valence-electron chi connectivity index (χ4n) is 7.84. The molecule has 2 saturated heterocycles. The van der Waals surface area contributed by atoms with Gasteiger partial charge in [0.2, 0.25) is 11.8 Å². The van der Waals surface area contributed by atoms with Crippen LogP contribution in [0.15, 0.2) is 72.8 Å². The minimum absolute atomic E-state index is 0.00711. The summed E-state index contributed by atoms with van der Waals surface area (Å²) < 4.78 is 95.6. The van der Waals surface area contributed by atoms with Gasteiger partial charge in [-0.1, -0.05) is 29.8 Å². The summed E-state index contributed by atoms with van der Waals surface area (Å²) in [5, 5.41) is 31.2. The molecule has 2 aliphatic heterocycles. The molecule has 0 bridgehead atoms. The molecule has 2 unspecified atom stereocenters. The molecule has 4 aromatic carbocycles. The van der Waals surface area contributed by atoms with Crippen molar-refractivity contribution in [1.29, 1.82) is 0 Å². The van der Waals surface area contributed by atoms with Gasteiger partial charge in [-0.15, -0.1) is 0 Å². The third kappa shape index (κ3) is 9.73. The summed E-state index contributed by atoms with van der Waals surface area (Å²) >= 11 is 0. The van der Waals surface area contributed by atoms with Crippen molar-refractivity contribution in [3.8, 4) is 22.5 Å². The molecule has 2 aliphatic rings. The number of aromatic amines is 2. The van der Waals surface area contributed by atoms with Gasteiger partial charge in [0.05, 0.1) is 23.2 Å². The lowest BCUT2D eigenvalue weighted by molar-refractivity contribution is -0.122. The molecule has 12 nitrogen and oxygen atoms in total. The molecule has 19 heteroatoms. The highest BCUT2D eigenvalue weighted by Crippen LogP contribution is 2.47. The number of aromatic nitrogens is 2. The number of nitrogens with one attached hydrogen (secondary N) is 6. The van der Waals surface area contributed by atoms with Gasteiger partial charge in [0.1, 0.15) is 48.2 Å². The van der Waals surface area contributed by atoms with Crippen LogP contribution in [-0.4, -0.2) is 88.6 Å². The Morgan fingerprint density at radius 2 is 1.32 bits per heavy atom. The normalized spacial score (nSPS) is 22.1. The molecule has 0 saturated carbocycles. The Balaban J connectivity index is 0.000000186. The van der Waals surface area contributed by atoms with E-state index in [2.05, 4.69) is 30.8 Å². The SMILES string of the molecule is CP(=O)(CCc1c(-c2ccc(F)cc2)[nH]c2c(F)cc(F)cc12)N[C@@H]1C(=O)NC[C@H]1O.Cc1ccc(-c2[nH]c3c(F)cc(F)cc3c2CCC(=O)N[C@H]2[C@H](O)CNP2(C)=O)cc1. The van der Waals surface area contributed by atoms with Crippen molar-refractivity contribution < 1.29 is 50.9 Å². The van der Waals surface area contributed by atoms with Crippen molar-refractivity contribution in [2.24, 2.45) is 0 Å². The first-order chi connectivity index (χ1) is 29.3. The first-order valence-corrected chi connectivity index (χ1v) is 24.3. The zero-order chi connectivity index (χ0) is 44.7. The Morgan fingerprint density at radius 1 is 0.790 bits per heavy atom. The van der Waals surface area contributed by atoms with E-state index in [9.17, 15) is 50.9 Å². The number of β-amino-alcohol motifs (C(OH)–C–C–N with tert-alkyl or cyclic N) is 2. The molecule has 62 heavy (non-hydrogen) atoms. The number of amides is 2. The van der Waals surface area contributed by atoms with Crippen LogP contribution in [0.1, 0.15) is 23.1 Å². The standard InChI is InChI=1S/C22H24F2N3O3P.C21H21F3N3O3P/c1-12-3-5-13(6-4-12)20-15(16-9-14(23)10-17(24)21(16)27-20)7-8-19(29)26-22-18(28)11-25-31(22,2)30;1-31(30,27-20-17(28)10-25-21(20)29)7-6-14-15-8-13(23)9-16(24)19(15)26-18(14)11-2-4-12(22)5-3-11/h3-6,9-10,18,22,27-28H,7-8,11H2,1-2H3,(H,25,30)(H,26,29);2-5,8-9,17,20,26,28H,6-7,10H2,1H3,(H,25,29)(H,27,30)/t18-,22-,31?;17-,20+,31?/m11/s1. The number of rotatable bonds is 11. The van der Waals surface area contributed by atoms with Gasteiger partial charge in [0, 0.05) is 73.3 Å². The summed E-state index contributed by atoms with van der Waals surface area (Å²) in [6.07, 6.45) is -1.47. The van der Waals surface area contributed by atoms with E-state index in [0.29, 0.717) is 38.9 Å². The highest BCUT2D eigenvalue weighted by Gasteiger charge is 2.41. The van der Waals surface area contributed by atoms with E-state index in [1.54, 1.807) is 0 Å². The third-order valence-electron chi connectivity index (χ3n) is 11.1. The maximum absolute atomic E-state index is 14.4. The third-order valence-corrected chi connectivity index (χ3v) is 15.4. The number of benzene rings is 4. The van der Waals surface area contributed by atoms with E-state index in [4.69, 9.17) is 0 Å². The van der Waals surface area contributed by atoms with Gasteiger partial charge in [-0.25, -0.2) is 22.0 Å². The van der Waals surface area contributed by atoms with Gasteiger partial charge in [0.15, 0.2) is 7.29 Å². The smallest absolute Gasteiger partial charge is 0.240 e. The fourth-order valence-corrected chi connectivity index (χ4v) is 11.4. The molecular weight excluding hydrogens is 853 g/mol. The van der Waals surface area contributed by atoms with Crippen LogP contribution in [0.2, 0.25) is 0 Å². The second kappa shape index (κ2) is 17.9. The monoisotopic (exact) mass is 898 g/mol. The molecule has 6 atom stereocenters. The largest absolute Gasteiger partial charge is 0.389 e. The number of hydrogen-bond acceptors (Lipinski definition) is 6. The molecule has 328 valence electrons. The number of aliphatic hydroxyl groups excluding tert-OH is 2. The van der Waals surface area contributed by atoms with Gasteiger partial charge < -0.3 is 39.9 Å². The number of hydrogen-bond donors (Lipinski definition) is 8. The van der Waals surface area contributed by atoms with E-state index in [0.717, 1.165) is 23.3 Å². The molecule has 2 aromatic heterocycles. The summed E-state index contributed by atoms with van der Waals surface area (Å²) in [7, 11) is -6.01. The maximum atomic E-state index is 14.4. The maximum Gasteiger partial charge on any atom is 0.240 e. The van der Waals surface area contributed by atoms with E-state index in [-0.39, 0.29) is 49.5 Å². The lowest BCUT2D eigenvalue weighted by atomic mass is 10.00. The Morgan fingerprint density at radius 3 is 1.82 bits per heavy atom. The molecular formula is C43H45F5N6O6P2. The summed E-state index contributed by atoms with van der Waals surface area (Å²) in [6, 6.07) is 16.2. The molecule has 6 aromatic rings. The first-order valence-electron chi connectivity index (χ1n) is 19.7. The Bertz CT molecular complexity index is 2760. The van der Waals surface area contributed by atoms with Crippen molar-refractivity contribution in [2.45, 2.75) is 50.2 Å². The summed E-state index contributed by atoms with van der Waals surface area (Å²) in [6.45, 7) is 5.12. The summed E-state index contributed by atoms with van der Waals surface area (Å²) in [4.78, 5) is 30.4. The van der Waals surface area contributed by atoms with Crippen molar-refractivity contribution in [1.82, 2.24) is 30.8 Å². The van der Waals surface area contributed by atoms with Gasteiger partial charge in [-0.05, 0) is 78.4 Å². The molecule has 0 spiro atoms. The van der Waals surface area contributed by atoms with Crippen LogP contribution in [-0.2, 0) is 31.6 Å². The summed E-state index contributed by atoms with van der Waals surface area (Å²) in [5.74, 6) is -5.03. The number of halogens is 5. The lowest BCUT2D eigenvalue weighted by Gasteiger charge is -2.20. The molecule has 0 radical (unpaired) electrons. The topological polar surface area (TPSA) is 188 Å². The van der Waals surface area contributed by atoms with Crippen molar-refractivity contribution in [3.63, 3.8) is 0 Å². The minimum atomic E-state index is -3.11. The van der Waals surface area contributed by atoms with E-state index >= 15 is 0 Å². The lowest BCUT2D eigenvalue weighted by Crippen LogP contribution is -2.40. The number of carbonyl (C=O) groups excluding carboxylic acids is 2. The van der Waals surface area contributed by atoms with Crippen molar-refractivity contribution in [3.05, 3.63) is 119 Å². The van der Waals surface area contributed by atoms with Crippen molar-refractivity contribution in [2.75, 3.05) is 32.6 Å². The quantitative estimate of drug-likeness (QED) is 0.0514. The van der Waals surface area contributed by atoms with Crippen LogP contribution in [0.5, 0.6) is 0 Å². The molecule has 8 rings (SSSR count). The number of aryl methyl sites for hydroxylation is 3. The Kier molecular flexibility index (Phi) is 13.0. The molecule has 2 fully saturated rings. The van der Waals surface area contributed by atoms with E-state index in [1.807, 2.05) is 31.2 Å². The molecule has 8 N–H and O–H groups in total. The van der Waals surface area contributed by atoms with Crippen LogP contribution < -0.4 is 20.8 Å². The zero-order valence-corrected chi connectivity index (χ0v) is 35.6. The van der Waals surface area contributed by atoms with Gasteiger partial charge in [-0.3, -0.25) is 19.8 Å². The van der Waals surface area contributed by atoms with Crippen LogP contribution in [0.25, 0.3) is 44.3 Å². The average Bonchev–Trinajstić information content (AvgIpc) is 3.93. The predicted molar refractivity (Wildman–Crippen MR) is 228 cm³/mol. The molecule has 2 amide bonds. The fraction of sp³-hybridized carbons (Fsp3) is 0.302. The minimum Gasteiger partial charge on any atom is -0.389 e. The van der Waals surface area contributed by atoms with E-state index in [1.165, 1.54) is 49.7 Å². The average molecular weight is 899 g/mol. The second-order valence-electron chi connectivity index (χ2n) is 15.9. The van der Waals surface area contributed by atoms with E-state index < -0.39 is 79.5 Å². The van der Waals surface area contributed by atoms with Gasteiger partial charge in [-0.2, -0.15) is 0 Å². The predicted octanol–water partition coefficient (Wildman–Crippen LogP) is 6.82. The van der Waals surface area contributed by atoms with Crippen LogP contribution in [0.3, 0.4) is 0 Å². The van der Waals surface area contributed by atoms with Crippen molar-refractivity contribution >= 4 is 48.2 Å². The van der Waals surface area contributed by atoms with Gasteiger partial charge in [0.25, 0.3) is 0 Å². The first kappa shape index (κ1) is 44.9. The molecule has 0 aliphatic carbocycles. The Hall–Kier alpha value is -5.15. The van der Waals surface area contributed by atoms with Crippen LogP contribution in [0, 0.1) is 36.0 Å². The number of fused-ring (bicyclic) bond motifs is 2. The number of aliphatic hydroxyl groups is 2. The number of H-pyrrole nitrogens is 2. The zero-order valence-electron chi connectivity index (χ0n) is 33.8. The highest BCUT2D eigenvalue weighted by molar-refractivity contribution is 7.62.